The summed E-state index contributed by atoms with van der Waals surface area (Å²) in [5.41, 5.74) is 4.60. The van der Waals surface area contributed by atoms with Crippen LogP contribution in [0.1, 0.15) is 21.5 Å². The lowest BCUT2D eigenvalue weighted by Crippen LogP contribution is -3.12. The molecule has 0 radical (unpaired) electrons. The van der Waals surface area contributed by atoms with Gasteiger partial charge in [0, 0.05) is 28.9 Å². The van der Waals surface area contributed by atoms with Crippen LogP contribution in [0, 0.1) is 0 Å². The lowest BCUT2D eigenvalue weighted by atomic mass is 10.00. The molecule has 1 aliphatic rings. The van der Waals surface area contributed by atoms with Gasteiger partial charge in [0.25, 0.3) is 11.8 Å². The second kappa shape index (κ2) is 9.45. The Morgan fingerprint density at radius 3 is 2.23 bits per heavy atom. The maximum absolute atomic E-state index is 12.5. The van der Waals surface area contributed by atoms with Crippen molar-refractivity contribution in [3.63, 3.8) is 0 Å². The number of methoxy groups -OCH3 is 1. The average Bonchev–Trinajstić information content (AvgIpc) is 2.80. The summed E-state index contributed by atoms with van der Waals surface area (Å²) in [5, 5.41) is 5.78. The number of carbonyl (C=O) groups is 2. The van der Waals surface area contributed by atoms with Gasteiger partial charge < -0.3 is 20.3 Å². The Labute approximate surface area is 181 Å². The van der Waals surface area contributed by atoms with Crippen molar-refractivity contribution in [3.8, 4) is 5.75 Å². The van der Waals surface area contributed by atoms with Gasteiger partial charge in [0.05, 0.1) is 13.7 Å². The predicted molar refractivity (Wildman–Crippen MR) is 121 cm³/mol. The molecule has 1 unspecified atom stereocenters. The number of quaternary nitrogens is 1. The van der Waals surface area contributed by atoms with E-state index in [1.165, 1.54) is 16.0 Å². The van der Waals surface area contributed by atoms with Crippen molar-refractivity contribution in [1.29, 1.82) is 0 Å². The Hall–Kier alpha value is -3.64. The standard InChI is InChI=1S/C25H25N3O3/c1-31-23-12-10-22(11-13-23)27-25(30)19-6-8-21(9-7-19)26-24(29)17-28-15-14-18-4-2-3-5-20(18)16-28/h2-13H,14-17H2,1H3,(H,26,29)(H,27,30)/p+1. The van der Waals surface area contributed by atoms with Crippen LogP contribution in [-0.2, 0) is 17.8 Å². The van der Waals surface area contributed by atoms with Crippen molar-refractivity contribution < 1.29 is 19.2 Å². The lowest BCUT2D eigenvalue weighted by molar-refractivity contribution is -0.907. The first-order valence-corrected chi connectivity index (χ1v) is 10.4. The fourth-order valence-electron chi connectivity index (χ4n) is 3.81. The second-order valence-corrected chi connectivity index (χ2v) is 7.68. The van der Waals surface area contributed by atoms with Gasteiger partial charge in [-0.15, -0.1) is 0 Å². The van der Waals surface area contributed by atoms with Gasteiger partial charge in [0.1, 0.15) is 12.3 Å². The topological polar surface area (TPSA) is 71.9 Å². The monoisotopic (exact) mass is 416 g/mol. The van der Waals surface area contributed by atoms with Crippen LogP contribution in [0.15, 0.2) is 72.8 Å². The van der Waals surface area contributed by atoms with Crippen LogP contribution in [0.3, 0.4) is 0 Å². The van der Waals surface area contributed by atoms with Crippen LogP contribution >= 0.6 is 0 Å². The molecule has 0 spiro atoms. The number of nitrogens with one attached hydrogen (secondary N) is 3. The molecule has 3 N–H and O–H groups in total. The summed E-state index contributed by atoms with van der Waals surface area (Å²) in [4.78, 5) is 26.2. The fraction of sp³-hybridized carbons (Fsp3) is 0.200. The summed E-state index contributed by atoms with van der Waals surface area (Å²) in [6.07, 6.45) is 0.997. The average molecular weight is 417 g/mol. The number of anilines is 2. The third-order valence-corrected chi connectivity index (χ3v) is 5.50. The van der Waals surface area contributed by atoms with E-state index in [2.05, 4.69) is 28.8 Å². The SMILES string of the molecule is COc1ccc(NC(=O)c2ccc(NC(=O)C[NH+]3CCc4ccccc4C3)cc2)cc1. The summed E-state index contributed by atoms with van der Waals surface area (Å²) >= 11 is 0. The summed E-state index contributed by atoms with van der Waals surface area (Å²) in [5.74, 6) is 0.498. The minimum absolute atomic E-state index is 0.0233. The van der Waals surface area contributed by atoms with Crippen molar-refractivity contribution in [2.75, 3.05) is 30.8 Å². The normalized spacial score (nSPS) is 14.9. The van der Waals surface area contributed by atoms with E-state index in [-0.39, 0.29) is 11.8 Å². The molecular formula is C25H26N3O3+. The Balaban J connectivity index is 1.29. The molecule has 1 heterocycles. The Morgan fingerprint density at radius 1 is 0.871 bits per heavy atom. The van der Waals surface area contributed by atoms with Crippen LogP contribution in [0.5, 0.6) is 5.75 Å². The minimum atomic E-state index is -0.209. The molecular weight excluding hydrogens is 390 g/mol. The molecule has 6 nitrogen and oxygen atoms in total. The molecule has 0 bridgehead atoms. The number of hydrogen-bond donors (Lipinski definition) is 3. The highest BCUT2D eigenvalue weighted by atomic mass is 16.5. The zero-order valence-electron chi connectivity index (χ0n) is 17.5. The highest BCUT2D eigenvalue weighted by molar-refractivity contribution is 6.04. The summed E-state index contributed by atoms with van der Waals surface area (Å²) in [6.45, 7) is 2.25. The molecule has 6 heteroatoms. The smallest absolute Gasteiger partial charge is 0.279 e. The molecule has 1 aliphatic heterocycles. The molecule has 1 atom stereocenters. The highest BCUT2D eigenvalue weighted by Crippen LogP contribution is 2.17. The first-order chi connectivity index (χ1) is 15.1. The highest BCUT2D eigenvalue weighted by Gasteiger charge is 2.21. The van der Waals surface area contributed by atoms with E-state index in [1.54, 1.807) is 55.6 Å². The summed E-state index contributed by atoms with van der Waals surface area (Å²) in [7, 11) is 1.60. The number of benzene rings is 3. The number of ether oxygens (including phenoxy) is 1. The zero-order chi connectivity index (χ0) is 21.6. The van der Waals surface area contributed by atoms with Crippen LogP contribution in [0.2, 0.25) is 0 Å². The van der Waals surface area contributed by atoms with Crippen LogP contribution in [-0.4, -0.2) is 32.0 Å². The molecule has 0 saturated heterocycles. The number of rotatable bonds is 6. The van der Waals surface area contributed by atoms with Crippen LogP contribution in [0.25, 0.3) is 0 Å². The quantitative estimate of drug-likeness (QED) is 0.578. The molecule has 158 valence electrons. The number of fused-ring (bicyclic) bond motifs is 1. The first kappa shape index (κ1) is 20.6. The molecule has 3 aromatic rings. The van der Waals surface area contributed by atoms with Crippen molar-refractivity contribution in [3.05, 3.63) is 89.5 Å². The van der Waals surface area contributed by atoms with Crippen LogP contribution < -0.4 is 20.3 Å². The van der Waals surface area contributed by atoms with Crippen molar-refractivity contribution in [1.82, 2.24) is 0 Å². The maximum atomic E-state index is 12.5. The third-order valence-electron chi connectivity index (χ3n) is 5.50. The van der Waals surface area contributed by atoms with Gasteiger partial charge in [-0.05, 0) is 54.1 Å². The number of amides is 2. The lowest BCUT2D eigenvalue weighted by Gasteiger charge is -2.25. The van der Waals surface area contributed by atoms with E-state index in [4.69, 9.17) is 4.74 Å². The Morgan fingerprint density at radius 2 is 1.52 bits per heavy atom. The van der Waals surface area contributed by atoms with E-state index in [0.717, 1.165) is 25.3 Å². The fourth-order valence-corrected chi connectivity index (χ4v) is 3.81. The van der Waals surface area contributed by atoms with Crippen molar-refractivity contribution in [2.45, 2.75) is 13.0 Å². The third kappa shape index (κ3) is 5.29. The van der Waals surface area contributed by atoms with E-state index >= 15 is 0 Å². The van der Waals surface area contributed by atoms with E-state index in [1.807, 2.05) is 6.07 Å². The first-order valence-electron chi connectivity index (χ1n) is 10.4. The molecule has 2 amide bonds. The van der Waals surface area contributed by atoms with E-state index in [0.29, 0.717) is 23.5 Å². The van der Waals surface area contributed by atoms with Gasteiger partial charge in [-0.25, -0.2) is 0 Å². The van der Waals surface area contributed by atoms with Gasteiger partial charge in [-0.1, -0.05) is 24.3 Å². The van der Waals surface area contributed by atoms with E-state index < -0.39 is 0 Å². The predicted octanol–water partition coefficient (Wildman–Crippen LogP) is 2.53. The maximum Gasteiger partial charge on any atom is 0.279 e. The molecule has 0 fully saturated rings. The van der Waals surface area contributed by atoms with E-state index in [9.17, 15) is 9.59 Å². The van der Waals surface area contributed by atoms with Crippen molar-refractivity contribution in [2.24, 2.45) is 0 Å². The zero-order valence-corrected chi connectivity index (χ0v) is 17.5. The molecule has 4 rings (SSSR count). The van der Waals surface area contributed by atoms with Gasteiger partial charge >= 0.3 is 0 Å². The summed E-state index contributed by atoms with van der Waals surface area (Å²) < 4.78 is 5.12. The van der Waals surface area contributed by atoms with Gasteiger partial charge in [-0.3, -0.25) is 9.59 Å². The Kier molecular flexibility index (Phi) is 6.29. The Bertz CT molecular complexity index is 1060. The molecule has 0 saturated carbocycles. The second-order valence-electron chi connectivity index (χ2n) is 7.68. The molecule has 0 aromatic heterocycles. The van der Waals surface area contributed by atoms with Crippen molar-refractivity contribution >= 4 is 23.2 Å². The summed E-state index contributed by atoms with van der Waals surface area (Å²) in [6, 6.07) is 22.5. The van der Waals surface area contributed by atoms with Gasteiger partial charge in [-0.2, -0.15) is 0 Å². The number of carbonyl (C=O) groups excluding carboxylic acids is 2. The molecule has 31 heavy (non-hydrogen) atoms. The molecule has 0 aliphatic carbocycles. The van der Waals surface area contributed by atoms with Gasteiger partial charge in [0.15, 0.2) is 6.54 Å². The number of hydrogen-bond acceptors (Lipinski definition) is 3. The van der Waals surface area contributed by atoms with Gasteiger partial charge in [0.2, 0.25) is 0 Å². The van der Waals surface area contributed by atoms with Crippen LogP contribution in [0.4, 0.5) is 11.4 Å². The minimum Gasteiger partial charge on any atom is -0.497 e. The molecule has 3 aromatic carbocycles. The largest absolute Gasteiger partial charge is 0.497 e.